The molecule has 0 aliphatic carbocycles. The lowest BCUT2D eigenvalue weighted by Gasteiger charge is -2.09. The maximum absolute atomic E-state index is 13.2. The molecule has 2 aromatic carbocycles. The highest BCUT2D eigenvalue weighted by Gasteiger charge is 2.16. The quantitative estimate of drug-likeness (QED) is 0.792. The van der Waals surface area contributed by atoms with Crippen molar-refractivity contribution in [3.63, 3.8) is 0 Å². The van der Waals surface area contributed by atoms with E-state index in [0.29, 0.717) is 17.1 Å². The molecule has 0 aliphatic heterocycles. The second-order valence-electron chi connectivity index (χ2n) is 3.91. The number of carbonyl (C=O) groups is 1. The van der Waals surface area contributed by atoms with Gasteiger partial charge in [-0.15, -0.1) is 0 Å². The van der Waals surface area contributed by atoms with Gasteiger partial charge in [-0.3, -0.25) is 4.79 Å². The molecular formula is C15H13FO3. The minimum atomic E-state index is -0.451. The van der Waals surface area contributed by atoms with Gasteiger partial charge in [0, 0.05) is 5.56 Å². The molecule has 0 atom stereocenters. The van der Waals surface area contributed by atoms with E-state index in [0.717, 1.165) is 0 Å². The third kappa shape index (κ3) is 2.73. The van der Waals surface area contributed by atoms with E-state index in [1.54, 1.807) is 24.3 Å². The molecule has 0 saturated carbocycles. The minimum absolute atomic E-state index is 0.270. The smallest absolute Gasteiger partial charge is 0.196 e. The number of rotatable bonds is 4. The molecule has 0 bridgehead atoms. The fourth-order valence-electron chi connectivity index (χ4n) is 1.78. The Hall–Kier alpha value is -2.36. The molecule has 3 nitrogen and oxygen atoms in total. The van der Waals surface area contributed by atoms with E-state index in [-0.39, 0.29) is 11.3 Å². The molecule has 0 spiro atoms. The van der Waals surface area contributed by atoms with Crippen LogP contribution in [0.1, 0.15) is 15.9 Å². The summed E-state index contributed by atoms with van der Waals surface area (Å²) in [6.07, 6.45) is 0. The second-order valence-corrected chi connectivity index (χ2v) is 3.91. The lowest BCUT2D eigenvalue weighted by Crippen LogP contribution is -2.04. The molecule has 0 N–H and O–H groups in total. The molecule has 0 radical (unpaired) electrons. The average Bonchev–Trinajstić information content (AvgIpc) is 2.45. The van der Waals surface area contributed by atoms with E-state index in [1.165, 1.54) is 32.4 Å². The molecule has 4 heteroatoms. The van der Waals surface area contributed by atoms with Crippen LogP contribution in [0.5, 0.6) is 11.5 Å². The van der Waals surface area contributed by atoms with Crippen molar-refractivity contribution in [2.24, 2.45) is 0 Å². The van der Waals surface area contributed by atoms with Gasteiger partial charge in [0.1, 0.15) is 17.3 Å². The van der Waals surface area contributed by atoms with Crippen LogP contribution in [0.15, 0.2) is 42.5 Å². The number of carbonyl (C=O) groups excluding carboxylic acids is 1. The van der Waals surface area contributed by atoms with Crippen LogP contribution in [0.2, 0.25) is 0 Å². The van der Waals surface area contributed by atoms with E-state index in [9.17, 15) is 9.18 Å². The first-order valence-corrected chi connectivity index (χ1v) is 5.68. The van der Waals surface area contributed by atoms with E-state index in [1.807, 2.05) is 0 Å². The molecule has 2 rings (SSSR count). The molecule has 0 unspecified atom stereocenters. The van der Waals surface area contributed by atoms with Crippen molar-refractivity contribution in [1.29, 1.82) is 0 Å². The molecule has 0 heterocycles. The van der Waals surface area contributed by atoms with Crippen molar-refractivity contribution in [3.8, 4) is 11.5 Å². The number of benzene rings is 2. The molecular weight excluding hydrogens is 247 g/mol. The Kier molecular flexibility index (Phi) is 3.80. The van der Waals surface area contributed by atoms with Crippen molar-refractivity contribution in [2.45, 2.75) is 0 Å². The monoisotopic (exact) mass is 260 g/mol. The summed E-state index contributed by atoms with van der Waals surface area (Å²) in [6.45, 7) is 0. The summed E-state index contributed by atoms with van der Waals surface area (Å²) in [6, 6.07) is 10.5. The summed E-state index contributed by atoms with van der Waals surface area (Å²) in [4.78, 5) is 12.3. The fourth-order valence-corrected chi connectivity index (χ4v) is 1.78. The van der Waals surface area contributed by atoms with Crippen LogP contribution in [0.3, 0.4) is 0 Å². The fraction of sp³-hybridized carbons (Fsp3) is 0.133. The normalized spacial score (nSPS) is 10.1. The number of methoxy groups -OCH3 is 2. The Morgan fingerprint density at radius 1 is 1.05 bits per heavy atom. The van der Waals surface area contributed by atoms with E-state index >= 15 is 0 Å². The minimum Gasteiger partial charge on any atom is -0.497 e. The van der Waals surface area contributed by atoms with Crippen molar-refractivity contribution in [3.05, 3.63) is 59.4 Å². The molecule has 98 valence electrons. The Bertz CT molecular complexity index is 608. The predicted octanol–water partition coefficient (Wildman–Crippen LogP) is 3.07. The van der Waals surface area contributed by atoms with Gasteiger partial charge in [0.15, 0.2) is 5.78 Å². The number of halogens is 1. The Balaban J connectivity index is 2.48. The van der Waals surface area contributed by atoms with Crippen molar-refractivity contribution < 1.29 is 18.7 Å². The topological polar surface area (TPSA) is 35.5 Å². The number of ether oxygens (including phenoxy) is 2. The summed E-state index contributed by atoms with van der Waals surface area (Å²) in [7, 11) is 2.99. The number of hydrogen-bond donors (Lipinski definition) is 0. The summed E-state index contributed by atoms with van der Waals surface area (Å²) in [5, 5.41) is 0. The highest BCUT2D eigenvalue weighted by molar-refractivity contribution is 6.10. The SMILES string of the molecule is COc1ccc(OC)c(C(=O)c2cccc(F)c2)c1. The Labute approximate surface area is 110 Å². The third-order valence-electron chi connectivity index (χ3n) is 2.74. The van der Waals surface area contributed by atoms with E-state index in [4.69, 9.17) is 9.47 Å². The number of ketones is 1. The van der Waals surface area contributed by atoms with Crippen molar-refractivity contribution in [2.75, 3.05) is 14.2 Å². The summed E-state index contributed by atoms with van der Waals surface area (Å²) < 4.78 is 23.4. The van der Waals surface area contributed by atoms with Crippen LogP contribution in [-0.2, 0) is 0 Å². The lowest BCUT2D eigenvalue weighted by atomic mass is 10.0. The van der Waals surface area contributed by atoms with Gasteiger partial charge in [-0.25, -0.2) is 4.39 Å². The lowest BCUT2D eigenvalue weighted by molar-refractivity contribution is 0.103. The van der Waals surface area contributed by atoms with Crippen LogP contribution >= 0.6 is 0 Å². The van der Waals surface area contributed by atoms with Gasteiger partial charge < -0.3 is 9.47 Å². The maximum Gasteiger partial charge on any atom is 0.196 e. The maximum atomic E-state index is 13.2. The molecule has 0 aromatic heterocycles. The highest BCUT2D eigenvalue weighted by atomic mass is 19.1. The molecule has 0 saturated heterocycles. The van der Waals surface area contributed by atoms with Crippen LogP contribution in [-0.4, -0.2) is 20.0 Å². The van der Waals surface area contributed by atoms with Gasteiger partial charge >= 0.3 is 0 Å². The molecule has 0 fully saturated rings. The first-order chi connectivity index (χ1) is 9.15. The highest BCUT2D eigenvalue weighted by Crippen LogP contribution is 2.26. The molecule has 2 aromatic rings. The number of hydrogen-bond acceptors (Lipinski definition) is 3. The zero-order valence-corrected chi connectivity index (χ0v) is 10.6. The van der Waals surface area contributed by atoms with Gasteiger partial charge in [0.05, 0.1) is 19.8 Å². The van der Waals surface area contributed by atoms with Gasteiger partial charge in [0.25, 0.3) is 0 Å². The van der Waals surface area contributed by atoms with Gasteiger partial charge in [-0.2, -0.15) is 0 Å². The van der Waals surface area contributed by atoms with Gasteiger partial charge in [0.2, 0.25) is 0 Å². The van der Waals surface area contributed by atoms with E-state index < -0.39 is 5.82 Å². The molecule has 19 heavy (non-hydrogen) atoms. The average molecular weight is 260 g/mol. The first kappa shape index (κ1) is 13.1. The Morgan fingerprint density at radius 3 is 2.47 bits per heavy atom. The van der Waals surface area contributed by atoms with Gasteiger partial charge in [-0.1, -0.05) is 12.1 Å². The third-order valence-corrected chi connectivity index (χ3v) is 2.74. The zero-order valence-electron chi connectivity index (χ0n) is 10.6. The largest absolute Gasteiger partial charge is 0.497 e. The predicted molar refractivity (Wildman–Crippen MR) is 69.4 cm³/mol. The zero-order chi connectivity index (χ0) is 13.8. The van der Waals surface area contributed by atoms with Crippen LogP contribution in [0.4, 0.5) is 4.39 Å². The van der Waals surface area contributed by atoms with Crippen LogP contribution in [0.25, 0.3) is 0 Å². The Morgan fingerprint density at radius 2 is 1.84 bits per heavy atom. The molecule has 0 amide bonds. The van der Waals surface area contributed by atoms with Crippen LogP contribution in [0, 0.1) is 5.82 Å². The summed E-state index contributed by atoms with van der Waals surface area (Å²) in [5.74, 6) is 0.207. The van der Waals surface area contributed by atoms with Crippen LogP contribution < -0.4 is 9.47 Å². The van der Waals surface area contributed by atoms with E-state index in [2.05, 4.69) is 0 Å². The summed E-state index contributed by atoms with van der Waals surface area (Å²) in [5.41, 5.74) is 0.610. The molecule has 0 aliphatic rings. The van der Waals surface area contributed by atoms with Crippen molar-refractivity contribution in [1.82, 2.24) is 0 Å². The standard InChI is InChI=1S/C15H13FO3/c1-18-12-6-7-14(19-2)13(9-12)15(17)10-4-3-5-11(16)8-10/h3-9H,1-2H3. The van der Waals surface area contributed by atoms with Crippen molar-refractivity contribution >= 4 is 5.78 Å². The van der Waals surface area contributed by atoms with Gasteiger partial charge in [-0.05, 0) is 30.3 Å². The second kappa shape index (κ2) is 5.52. The first-order valence-electron chi connectivity index (χ1n) is 5.68. The summed E-state index contributed by atoms with van der Waals surface area (Å²) >= 11 is 0.